The Morgan fingerprint density at radius 2 is 2.12 bits per heavy atom. The highest BCUT2D eigenvalue weighted by Gasteiger charge is 2.19. The van der Waals surface area contributed by atoms with Crippen molar-refractivity contribution in [3.05, 3.63) is 16.1 Å². The number of thiazole rings is 1. The summed E-state index contributed by atoms with van der Waals surface area (Å²) < 4.78 is 5.33. The maximum atomic E-state index is 12.0. The van der Waals surface area contributed by atoms with Crippen molar-refractivity contribution in [3.8, 4) is 0 Å². The molecule has 8 heteroatoms. The summed E-state index contributed by atoms with van der Waals surface area (Å²) in [5.41, 5.74) is -0.500. The molecule has 0 spiro atoms. The van der Waals surface area contributed by atoms with Crippen molar-refractivity contribution >= 4 is 23.4 Å². The first kappa shape index (κ1) is 22.2. The molecule has 148 valence electrons. The molecule has 1 amide bonds. The molecular weight excluding hydrogens is 350 g/mol. The first-order chi connectivity index (χ1) is 12.2. The van der Waals surface area contributed by atoms with E-state index >= 15 is 0 Å². The third-order valence-corrected chi connectivity index (χ3v) is 4.37. The number of amides is 1. The Balaban J connectivity index is 2.40. The standard InChI is InChI=1S/C18H33N5O2S/c1-7-8-14(23-17(24)25-18(3,4)5)12-22-16(19-6)20-10-9-15-21-11-13(2)26-15/h11,14H,7-10,12H2,1-6H3,(H,23,24)(H2,19,20,22). The summed E-state index contributed by atoms with van der Waals surface area (Å²) >= 11 is 1.71. The molecule has 0 fully saturated rings. The predicted octanol–water partition coefficient (Wildman–Crippen LogP) is 2.85. The second-order valence-electron chi connectivity index (χ2n) is 7.13. The molecule has 1 aromatic heterocycles. The van der Waals surface area contributed by atoms with Gasteiger partial charge in [-0.3, -0.25) is 4.99 Å². The normalized spacial score (nSPS) is 13.2. The molecule has 0 radical (unpaired) electrons. The molecule has 0 bridgehead atoms. The van der Waals surface area contributed by atoms with Gasteiger partial charge in [-0.2, -0.15) is 0 Å². The van der Waals surface area contributed by atoms with Crippen molar-refractivity contribution in [2.45, 2.75) is 65.5 Å². The highest BCUT2D eigenvalue weighted by Crippen LogP contribution is 2.11. The van der Waals surface area contributed by atoms with E-state index in [2.05, 4.69) is 39.8 Å². The minimum absolute atomic E-state index is 0.0185. The molecule has 1 atom stereocenters. The van der Waals surface area contributed by atoms with E-state index in [-0.39, 0.29) is 12.1 Å². The number of carbonyl (C=O) groups is 1. The number of alkyl carbamates (subject to hydrolysis) is 1. The Morgan fingerprint density at radius 3 is 2.65 bits per heavy atom. The minimum atomic E-state index is -0.500. The maximum Gasteiger partial charge on any atom is 0.407 e. The predicted molar refractivity (Wildman–Crippen MR) is 108 cm³/mol. The Bertz CT molecular complexity index is 580. The Labute approximate surface area is 161 Å². The highest BCUT2D eigenvalue weighted by molar-refractivity contribution is 7.11. The van der Waals surface area contributed by atoms with Gasteiger partial charge in [-0.25, -0.2) is 9.78 Å². The van der Waals surface area contributed by atoms with Crippen molar-refractivity contribution in [2.75, 3.05) is 20.1 Å². The molecule has 1 unspecified atom stereocenters. The topological polar surface area (TPSA) is 87.6 Å². The molecule has 0 aliphatic rings. The first-order valence-corrected chi connectivity index (χ1v) is 9.90. The molecule has 1 heterocycles. The van der Waals surface area contributed by atoms with Gasteiger partial charge in [0.25, 0.3) is 0 Å². The van der Waals surface area contributed by atoms with Crippen LogP contribution in [0.4, 0.5) is 4.79 Å². The fourth-order valence-electron chi connectivity index (χ4n) is 2.29. The molecule has 1 rings (SSSR count). The average molecular weight is 384 g/mol. The summed E-state index contributed by atoms with van der Waals surface area (Å²) in [7, 11) is 1.74. The van der Waals surface area contributed by atoms with Gasteiger partial charge in [-0.15, -0.1) is 11.3 Å². The lowest BCUT2D eigenvalue weighted by Gasteiger charge is -2.24. The van der Waals surface area contributed by atoms with E-state index in [4.69, 9.17) is 4.74 Å². The molecule has 0 aliphatic heterocycles. The van der Waals surface area contributed by atoms with Gasteiger partial charge in [0.2, 0.25) is 0 Å². The number of rotatable bonds is 8. The second kappa shape index (κ2) is 11.0. The molecule has 3 N–H and O–H groups in total. The van der Waals surface area contributed by atoms with Crippen LogP contribution in [0.3, 0.4) is 0 Å². The summed E-state index contributed by atoms with van der Waals surface area (Å²) in [4.78, 5) is 21.8. The molecule has 0 aliphatic carbocycles. The summed E-state index contributed by atoms with van der Waals surface area (Å²) in [6.07, 6.45) is 4.19. The zero-order valence-electron chi connectivity index (χ0n) is 16.8. The number of guanidine groups is 1. The van der Waals surface area contributed by atoms with E-state index in [1.54, 1.807) is 18.4 Å². The van der Waals surface area contributed by atoms with Gasteiger partial charge in [0.1, 0.15) is 5.60 Å². The van der Waals surface area contributed by atoms with E-state index in [9.17, 15) is 4.79 Å². The van der Waals surface area contributed by atoms with E-state index < -0.39 is 5.60 Å². The molecular formula is C18H33N5O2S. The van der Waals surface area contributed by atoms with Crippen LogP contribution in [0.2, 0.25) is 0 Å². The number of nitrogens with zero attached hydrogens (tertiary/aromatic N) is 2. The van der Waals surface area contributed by atoms with Crippen molar-refractivity contribution in [2.24, 2.45) is 4.99 Å². The lowest BCUT2D eigenvalue weighted by atomic mass is 10.1. The molecule has 0 aromatic carbocycles. The molecule has 0 saturated carbocycles. The second-order valence-corrected chi connectivity index (χ2v) is 8.45. The number of aryl methyl sites for hydroxylation is 1. The van der Waals surface area contributed by atoms with Gasteiger partial charge < -0.3 is 20.7 Å². The van der Waals surface area contributed by atoms with Gasteiger partial charge in [0, 0.05) is 43.7 Å². The SMILES string of the molecule is CCCC(CNC(=NC)NCCc1ncc(C)s1)NC(=O)OC(C)(C)C. The van der Waals surface area contributed by atoms with Crippen LogP contribution in [0.5, 0.6) is 0 Å². The van der Waals surface area contributed by atoms with Crippen LogP contribution in [-0.2, 0) is 11.2 Å². The molecule has 1 aromatic rings. The van der Waals surface area contributed by atoms with Crippen LogP contribution >= 0.6 is 11.3 Å². The van der Waals surface area contributed by atoms with Crippen molar-refractivity contribution in [1.82, 2.24) is 20.9 Å². The maximum absolute atomic E-state index is 12.0. The van der Waals surface area contributed by atoms with Crippen molar-refractivity contribution in [1.29, 1.82) is 0 Å². The van der Waals surface area contributed by atoms with Crippen molar-refractivity contribution in [3.63, 3.8) is 0 Å². The monoisotopic (exact) mass is 383 g/mol. The van der Waals surface area contributed by atoms with E-state index in [0.29, 0.717) is 12.5 Å². The highest BCUT2D eigenvalue weighted by atomic mass is 32.1. The lowest BCUT2D eigenvalue weighted by Crippen LogP contribution is -2.48. The summed E-state index contributed by atoms with van der Waals surface area (Å²) in [5.74, 6) is 0.713. The third-order valence-electron chi connectivity index (χ3n) is 3.40. The van der Waals surface area contributed by atoms with Gasteiger partial charge in [0.05, 0.1) is 5.01 Å². The first-order valence-electron chi connectivity index (χ1n) is 9.08. The smallest absolute Gasteiger partial charge is 0.407 e. The fourth-order valence-corrected chi connectivity index (χ4v) is 3.08. The summed E-state index contributed by atoms with van der Waals surface area (Å²) in [6, 6.07) is -0.0185. The summed E-state index contributed by atoms with van der Waals surface area (Å²) in [5, 5.41) is 10.6. The van der Waals surface area contributed by atoms with Gasteiger partial charge in [0.15, 0.2) is 5.96 Å². The van der Waals surface area contributed by atoms with Gasteiger partial charge in [-0.05, 0) is 34.1 Å². The lowest BCUT2D eigenvalue weighted by molar-refractivity contribution is 0.0502. The van der Waals surface area contributed by atoms with E-state index in [0.717, 1.165) is 30.8 Å². The minimum Gasteiger partial charge on any atom is -0.444 e. The van der Waals surface area contributed by atoms with Crippen molar-refractivity contribution < 1.29 is 9.53 Å². The quantitative estimate of drug-likeness (QED) is 0.475. The molecule has 0 saturated heterocycles. The number of hydrogen-bond acceptors (Lipinski definition) is 5. The third kappa shape index (κ3) is 9.60. The van der Waals surface area contributed by atoms with Gasteiger partial charge >= 0.3 is 6.09 Å². The zero-order chi connectivity index (χ0) is 19.6. The summed E-state index contributed by atoms with van der Waals surface area (Å²) in [6.45, 7) is 11.1. The van der Waals surface area contributed by atoms with Gasteiger partial charge in [-0.1, -0.05) is 13.3 Å². The number of ether oxygens (including phenoxy) is 1. The molecule has 26 heavy (non-hydrogen) atoms. The number of hydrogen-bond donors (Lipinski definition) is 3. The Kier molecular flexibility index (Phi) is 9.40. The van der Waals surface area contributed by atoms with Crippen LogP contribution in [0.1, 0.15) is 50.4 Å². The largest absolute Gasteiger partial charge is 0.444 e. The van der Waals surface area contributed by atoms with Crippen LogP contribution in [0.25, 0.3) is 0 Å². The Hall–Kier alpha value is -1.83. The zero-order valence-corrected chi connectivity index (χ0v) is 17.6. The van der Waals surface area contributed by atoms with E-state index in [1.807, 2.05) is 27.0 Å². The van der Waals surface area contributed by atoms with Crippen LogP contribution in [0, 0.1) is 6.92 Å². The Morgan fingerprint density at radius 1 is 1.38 bits per heavy atom. The molecule has 7 nitrogen and oxygen atoms in total. The van der Waals surface area contributed by atoms with Crippen LogP contribution in [-0.4, -0.2) is 48.8 Å². The number of nitrogens with one attached hydrogen (secondary N) is 3. The van der Waals surface area contributed by atoms with Crippen LogP contribution in [0.15, 0.2) is 11.2 Å². The number of carbonyl (C=O) groups excluding carboxylic acids is 1. The average Bonchev–Trinajstić information content (AvgIpc) is 2.94. The van der Waals surface area contributed by atoms with Crippen LogP contribution < -0.4 is 16.0 Å². The fraction of sp³-hybridized carbons (Fsp3) is 0.722. The number of aliphatic imine (C=N–C) groups is 1. The number of aromatic nitrogens is 1. The van der Waals surface area contributed by atoms with E-state index in [1.165, 1.54) is 4.88 Å².